The maximum atomic E-state index is 9.36. The van der Waals surface area contributed by atoms with E-state index < -0.39 is 6.10 Å². The van der Waals surface area contributed by atoms with E-state index in [-0.39, 0.29) is 0 Å². The Balaban J connectivity index is 2.17. The summed E-state index contributed by atoms with van der Waals surface area (Å²) in [5.74, 6) is 0. The minimum absolute atomic E-state index is 0.532. The van der Waals surface area contributed by atoms with Crippen LogP contribution in [0.1, 0.15) is 18.7 Å². The number of pyridine rings is 2. The number of hydrogen-bond acceptors (Lipinski definition) is 4. The summed E-state index contributed by atoms with van der Waals surface area (Å²) in [4.78, 5) is 9.45. The number of rotatable bonds is 3. The Hall–Kier alpha value is -0.910. The van der Waals surface area contributed by atoms with E-state index in [2.05, 4.69) is 25.9 Å². The van der Waals surface area contributed by atoms with Gasteiger partial charge in [-0.15, -0.1) is 0 Å². The molecule has 3 nitrogen and oxygen atoms in total. The molecule has 2 aromatic heterocycles. The van der Waals surface area contributed by atoms with Gasteiger partial charge in [-0.05, 0) is 47.1 Å². The van der Waals surface area contributed by atoms with E-state index in [0.29, 0.717) is 5.69 Å². The predicted octanol–water partition coefficient (Wildman–Crippen LogP) is 3.44. The second kappa shape index (κ2) is 5.62. The van der Waals surface area contributed by atoms with E-state index in [1.807, 2.05) is 24.3 Å². The van der Waals surface area contributed by atoms with Gasteiger partial charge in [-0.3, -0.25) is 4.98 Å². The van der Waals surface area contributed by atoms with Gasteiger partial charge < -0.3 is 5.11 Å². The van der Waals surface area contributed by atoms with Gasteiger partial charge in [-0.2, -0.15) is 0 Å². The number of halogens is 1. The molecule has 0 fully saturated rings. The molecule has 0 amide bonds. The van der Waals surface area contributed by atoms with Crippen molar-refractivity contribution in [2.75, 3.05) is 0 Å². The lowest BCUT2D eigenvalue weighted by atomic mass is 10.2. The van der Waals surface area contributed by atoms with Gasteiger partial charge in [0.15, 0.2) is 0 Å². The zero-order valence-corrected chi connectivity index (χ0v) is 11.6. The van der Waals surface area contributed by atoms with Crippen molar-refractivity contribution in [3.05, 3.63) is 46.8 Å². The SMILES string of the molecule is C[C@@H](O)c1ccc(Sc2ncccc2Br)cn1. The van der Waals surface area contributed by atoms with Crippen molar-refractivity contribution in [2.24, 2.45) is 0 Å². The van der Waals surface area contributed by atoms with Gasteiger partial charge in [0.1, 0.15) is 5.03 Å². The summed E-state index contributed by atoms with van der Waals surface area (Å²) < 4.78 is 0.963. The van der Waals surface area contributed by atoms with Crippen LogP contribution < -0.4 is 0 Å². The van der Waals surface area contributed by atoms with E-state index in [0.717, 1.165) is 14.4 Å². The maximum Gasteiger partial charge on any atom is 0.115 e. The van der Waals surface area contributed by atoms with Crippen LogP contribution in [0.3, 0.4) is 0 Å². The van der Waals surface area contributed by atoms with Crippen molar-refractivity contribution >= 4 is 27.7 Å². The third-order valence-corrected chi connectivity index (χ3v) is 4.02. The highest BCUT2D eigenvalue weighted by Gasteiger charge is 2.05. The molecule has 0 unspecified atom stereocenters. The highest BCUT2D eigenvalue weighted by Crippen LogP contribution is 2.31. The van der Waals surface area contributed by atoms with Crippen molar-refractivity contribution in [1.29, 1.82) is 0 Å². The van der Waals surface area contributed by atoms with Crippen LogP contribution in [-0.4, -0.2) is 15.1 Å². The van der Waals surface area contributed by atoms with Crippen molar-refractivity contribution in [3.63, 3.8) is 0 Å². The van der Waals surface area contributed by atoms with Crippen LogP contribution in [0, 0.1) is 0 Å². The number of aliphatic hydroxyl groups excluding tert-OH is 1. The molecule has 2 rings (SSSR count). The van der Waals surface area contributed by atoms with E-state index >= 15 is 0 Å². The predicted molar refractivity (Wildman–Crippen MR) is 70.9 cm³/mol. The number of aliphatic hydroxyl groups is 1. The fraction of sp³-hybridized carbons (Fsp3) is 0.167. The minimum atomic E-state index is -0.532. The number of hydrogen-bond donors (Lipinski definition) is 1. The molecule has 2 aromatic rings. The van der Waals surface area contributed by atoms with E-state index in [4.69, 9.17) is 0 Å². The molecular weight excluding hydrogens is 300 g/mol. The largest absolute Gasteiger partial charge is 0.387 e. The van der Waals surface area contributed by atoms with E-state index in [1.54, 1.807) is 19.3 Å². The Kier molecular flexibility index (Phi) is 4.15. The second-order valence-electron chi connectivity index (χ2n) is 3.49. The van der Waals surface area contributed by atoms with Gasteiger partial charge in [-0.1, -0.05) is 11.8 Å². The summed E-state index contributed by atoms with van der Waals surface area (Å²) in [6.45, 7) is 1.70. The molecule has 17 heavy (non-hydrogen) atoms. The number of aromatic nitrogens is 2. The molecule has 0 saturated carbocycles. The summed E-state index contributed by atoms with van der Waals surface area (Å²) in [7, 11) is 0. The van der Waals surface area contributed by atoms with Gasteiger partial charge in [0.2, 0.25) is 0 Å². The molecule has 0 aliphatic rings. The molecule has 0 saturated heterocycles. The molecule has 0 radical (unpaired) electrons. The molecule has 0 bridgehead atoms. The Labute approximate surface area is 112 Å². The van der Waals surface area contributed by atoms with Crippen molar-refractivity contribution in [1.82, 2.24) is 9.97 Å². The quantitative estimate of drug-likeness (QED) is 0.943. The Morgan fingerprint density at radius 1 is 1.29 bits per heavy atom. The van der Waals surface area contributed by atoms with Crippen LogP contribution in [0.25, 0.3) is 0 Å². The van der Waals surface area contributed by atoms with Crippen molar-refractivity contribution < 1.29 is 5.11 Å². The Morgan fingerprint density at radius 2 is 2.12 bits per heavy atom. The molecule has 2 heterocycles. The molecule has 0 aliphatic carbocycles. The summed E-state index contributed by atoms with van der Waals surface area (Å²) in [6, 6.07) is 7.58. The minimum Gasteiger partial charge on any atom is -0.387 e. The van der Waals surface area contributed by atoms with Crippen LogP contribution in [-0.2, 0) is 0 Å². The standard InChI is InChI=1S/C12H11BrN2OS/c1-8(16)11-5-4-9(7-15-11)17-12-10(13)3-2-6-14-12/h2-8,16H,1H3/t8-/m1/s1. The van der Waals surface area contributed by atoms with Gasteiger partial charge in [0.25, 0.3) is 0 Å². The average Bonchev–Trinajstić information content (AvgIpc) is 2.33. The normalized spacial score (nSPS) is 12.4. The Bertz CT molecular complexity index is 502. The fourth-order valence-electron chi connectivity index (χ4n) is 1.26. The topological polar surface area (TPSA) is 46.0 Å². The molecule has 5 heteroatoms. The van der Waals surface area contributed by atoms with Gasteiger partial charge in [0, 0.05) is 17.3 Å². The van der Waals surface area contributed by atoms with Crippen LogP contribution in [0.15, 0.2) is 51.1 Å². The van der Waals surface area contributed by atoms with E-state index in [1.165, 1.54) is 11.8 Å². The summed E-state index contributed by atoms with van der Waals surface area (Å²) in [5, 5.41) is 10.3. The second-order valence-corrected chi connectivity index (χ2v) is 5.40. The molecular formula is C12H11BrN2OS. The first-order chi connectivity index (χ1) is 8.16. The highest BCUT2D eigenvalue weighted by molar-refractivity contribution is 9.10. The third-order valence-electron chi connectivity index (χ3n) is 2.13. The fourth-order valence-corrected chi connectivity index (χ4v) is 2.50. The van der Waals surface area contributed by atoms with Gasteiger partial charge in [0.05, 0.1) is 16.3 Å². The smallest absolute Gasteiger partial charge is 0.115 e. The summed E-state index contributed by atoms with van der Waals surface area (Å²) in [6.07, 6.45) is 2.97. The summed E-state index contributed by atoms with van der Waals surface area (Å²) in [5.41, 5.74) is 0.675. The summed E-state index contributed by atoms with van der Waals surface area (Å²) >= 11 is 4.98. The molecule has 0 aromatic carbocycles. The maximum absolute atomic E-state index is 9.36. The average molecular weight is 311 g/mol. The molecule has 0 aliphatic heterocycles. The molecule has 1 atom stereocenters. The lowest BCUT2D eigenvalue weighted by molar-refractivity contribution is 0.194. The van der Waals surface area contributed by atoms with Crippen LogP contribution in [0.2, 0.25) is 0 Å². The van der Waals surface area contributed by atoms with E-state index in [9.17, 15) is 5.11 Å². The van der Waals surface area contributed by atoms with Gasteiger partial charge >= 0.3 is 0 Å². The first-order valence-electron chi connectivity index (χ1n) is 5.09. The van der Waals surface area contributed by atoms with Crippen molar-refractivity contribution in [2.45, 2.75) is 22.9 Å². The van der Waals surface area contributed by atoms with Crippen LogP contribution in [0.4, 0.5) is 0 Å². The molecule has 88 valence electrons. The number of nitrogens with zero attached hydrogens (tertiary/aromatic N) is 2. The molecule has 0 spiro atoms. The van der Waals surface area contributed by atoms with Crippen LogP contribution >= 0.6 is 27.7 Å². The Morgan fingerprint density at radius 3 is 2.71 bits per heavy atom. The first kappa shape index (κ1) is 12.5. The van der Waals surface area contributed by atoms with Gasteiger partial charge in [-0.25, -0.2) is 4.98 Å². The van der Waals surface area contributed by atoms with Crippen LogP contribution in [0.5, 0.6) is 0 Å². The molecule has 1 N–H and O–H groups in total. The first-order valence-corrected chi connectivity index (χ1v) is 6.70. The lowest BCUT2D eigenvalue weighted by Gasteiger charge is -2.05. The monoisotopic (exact) mass is 310 g/mol. The highest BCUT2D eigenvalue weighted by atomic mass is 79.9. The van der Waals surface area contributed by atoms with Crippen molar-refractivity contribution in [3.8, 4) is 0 Å². The lowest BCUT2D eigenvalue weighted by Crippen LogP contribution is -1.94. The zero-order valence-electron chi connectivity index (χ0n) is 9.17. The third kappa shape index (κ3) is 3.28. The zero-order chi connectivity index (χ0) is 12.3.